The van der Waals surface area contributed by atoms with Crippen LogP contribution in [0.15, 0.2) is 28.7 Å². The standard InChI is InChI=1S/C10H11Br.C2H4O2/c11-10-6-2-5-9(7-10)8-3-1-4-8;1-4-2-3/h2,5-8H,1,3-4H2;2H,1H3. The van der Waals surface area contributed by atoms with Crippen molar-refractivity contribution in [2.45, 2.75) is 25.2 Å². The van der Waals surface area contributed by atoms with Crippen molar-refractivity contribution in [3.63, 3.8) is 0 Å². The van der Waals surface area contributed by atoms with Gasteiger partial charge in [-0.1, -0.05) is 34.5 Å². The highest BCUT2D eigenvalue weighted by atomic mass is 79.9. The van der Waals surface area contributed by atoms with E-state index in [9.17, 15) is 0 Å². The van der Waals surface area contributed by atoms with Gasteiger partial charge in [-0.3, -0.25) is 4.79 Å². The van der Waals surface area contributed by atoms with E-state index < -0.39 is 0 Å². The molecule has 1 aromatic carbocycles. The number of hydrogen-bond acceptors (Lipinski definition) is 2. The van der Waals surface area contributed by atoms with E-state index in [-0.39, 0.29) is 0 Å². The van der Waals surface area contributed by atoms with Gasteiger partial charge in [-0.2, -0.15) is 0 Å². The highest BCUT2D eigenvalue weighted by molar-refractivity contribution is 9.10. The third kappa shape index (κ3) is 4.04. The topological polar surface area (TPSA) is 26.3 Å². The molecule has 0 aliphatic heterocycles. The molecule has 1 aliphatic rings. The molecule has 82 valence electrons. The fourth-order valence-corrected chi connectivity index (χ4v) is 1.92. The maximum absolute atomic E-state index is 8.95. The predicted octanol–water partition coefficient (Wildman–Crippen LogP) is 3.51. The zero-order valence-corrected chi connectivity index (χ0v) is 10.4. The zero-order valence-electron chi connectivity index (χ0n) is 8.78. The molecule has 0 heterocycles. The van der Waals surface area contributed by atoms with Crippen molar-refractivity contribution in [3.8, 4) is 0 Å². The number of carbonyl (C=O) groups is 1. The average molecular weight is 271 g/mol. The minimum Gasteiger partial charge on any atom is -0.471 e. The number of carbonyl (C=O) groups excluding carboxylic acids is 1. The highest BCUT2D eigenvalue weighted by Crippen LogP contribution is 2.36. The van der Waals surface area contributed by atoms with Crippen LogP contribution in [0.4, 0.5) is 0 Å². The van der Waals surface area contributed by atoms with E-state index in [0.717, 1.165) is 5.92 Å². The molecule has 3 heteroatoms. The molecule has 0 spiro atoms. The lowest BCUT2D eigenvalue weighted by molar-refractivity contribution is -0.126. The maximum Gasteiger partial charge on any atom is 0.292 e. The first-order chi connectivity index (χ1) is 7.27. The monoisotopic (exact) mass is 270 g/mol. The van der Waals surface area contributed by atoms with Crippen LogP contribution in [-0.2, 0) is 9.53 Å². The third-order valence-corrected chi connectivity index (χ3v) is 3.01. The summed E-state index contributed by atoms with van der Waals surface area (Å²) in [6.45, 7) is 0.375. The van der Waals surface area contributed by atoms with E-state index in [1.165, 1.54) is 36.4 Å². The summed E-state index contributed by atoms with van der Waals surface area (Å²) < 4.78 is 5.07. The van der Waals surface area contributed by atoms with Gasteiger partial charge in [0.05, 0.1) is 7.11 Å². The van der Waals surface area contributed by atoms with Gasteiger partial charge in [0, 0.05) is 4.47 Å². The Morgan fingerprint density at radius 2 is 2.13 bits per heavy atom. The van der Waals surface area contributed by atoms with Crippen molar-refractivity contribution in [2.24, 2.45) is 0 Å². The van der Waals surface area contributed by atoms with Gasteiger partial charge in [0.2, 0.25) is 0 Å². The molecule has 0 saturated heterocycles. The zero-order chi connectivity index (χ0) is 11.1. The molecule has 2 rings (SSSR count). The molecule has 2 nitrogen and oxygen atoms in total. The van der Waals surface area contributed by atoms with Crippen LogP contribution in [0.2, 0.25) is 0 Å². The average Bonchev–Trinajstić information content (AvgIpc) is 2.16. The molecule has 0 aromatic heterocycles. The van der Waals surface area contributed by atoms with Crippen molar-refractivity contribution in [2.75, 3.05) is 7.11 Å². The molecule has 0 N–H and O–H groups in total. The number of methoxy groups -OCH3 is 1. The Balaban J connectivity index is 0.000000245. The van der Waals surface area contributed by atoms with Crippen molar-refractivity contribution >= 4 is 22.4 Å². The summed E-state index contributed by atoms with van der Waals surface area (Å²) in [7, 11) is 1.31. The Morgan fingerprint density at radius 1 is 1.47 bits per heavy atom. The molecule has 0 amide bonds. The van der Waals surface area contributed by atoms with Gasteiger partial charge >= 0.3 is 0 Å². The van der Waals surface area contributed by atoms with Crippen molar-refractivity contribution < 1.29 is 9.53 Å². The second-order valence-corrected chi connectivity index (χ2v) is 4.43. The Kier molecular flexibility index (Phi) is 5.40. The molecule has 1 fully saturated rings. The van der Waals surface area contributed by atoms with E-state index in [1.807, 2.05) is 0 Å². The molecule has 0 atom stereocenters. The van der Waals surface area contributed by atoms with Crippen molar-refractivity contribution in [1.29, 1.82) is 0 Å². The first-order valence-corrected chi connectivity index (χ1v) is 5.79. The fraction of sp³-hybridized carbons (Fsp3) is 0.417. The number of rotatable bonds is 2. The van der Waals surface area contributed by atoms with Crippen LogP contribution in [-0.4, -0.2) is 13.6 Å². The number of benzene rings is 1. The van der Waals surface area contributed by atoms with E-state index in [0.29, 0.717) is 6.47 Å². The van der Waals surface area contributed by atoms with Crippen LogP contribution >= 0.6 is 15.9 Å². The van der Waals surface area contributed by atoms with Gasteiger partial charge in [0.25, 0.3) is 6.47 Å². The van der Waals surface area contributed by atoms with Gasteiger partial charge < -0.3 is 4.74 Å². The van der Waals surface area contributed by atoms with Gasteiger partial charge in [0.1, 0.15) is 0 Å². The van der Waals surface area contributed by atoms with Gasteiger partial charge in [-0.05, 0) is 36.5 Å². The largest absolute Gasteiger partial charge is 0.471 e. The molecule has 1 saturated carbocycles. The lowest BCUT2D eigenvalue weighted by Crippen LogP contribution is -2.08. The van der Waals surface area contributed by atoms with Gasteiger partial charge in [0.15, 0.2) is 0 Å². The molecule has 0 unspecified atom stereocenters. The SMILES string of the molecule is Brc1cccc(C2CCC2)c1.COC=O. The molecule has 15 heavy (non-hydrogen) atoms. The Morgan fingerprint density at radius 3 is 2.53 bits per heavy atom. The van der Waals surface area contributed by atoms with Gasteiger partial charge in [-0.15, -0.1) is 0 Å². The Bertz CT molecular complexity index is 308. The summed E-state index contributed by atoms with van der Waals surface area (Å²) in [5.41, 5.74) is 1.51. The van der Waals surface area contributed by atoms with Crippen LogP contribution in [0.1, 0.15) is 30.7 Å². The summed E-state index contributed by atoms with van der Waals surface area (Å²) in [6.07, 6.45) is 4.18. The molecular formula is C12H15BrO2. The summed E-state index contributed by atoms with van der Waals surface area (Å²) in [5.74, 6) is 0.854. The molecule has 1 aliphatic carbocycles. The normalized spacial score (nSPS) is 14.5. The minimum absolute atomic E-state index is 0.375. The second kappa shape index (κ2) is 6.62. The van der Waals surface area contributed by atoms with Crippen molar-refractivity contribution in [1.82, 2.24) is 0 Å². The minimum atomic E-state index is 0.375. The number of hydrogen-bond donors (Lipinski definition) is 0. The molecule has 0 radical (unpaired) electrons. The molecule has 0 bridgehead atoms. The van der Waals surface area contributed by atoms with E-state index >= 15 is 0 Å². The fourth-order valence-electron chi connectivity index (χ4n) is 1.50. The van der Waals surface area contributed by atoms with Gasteiger partial charge in [-0.25, -0.2) is 0 Å². The van der Waals surface area contributed by atoms with Crippen molar-refractivity contribution in [3.05, 3.63) is 34.3 Å². The first kappa shape index (κ1) is 12.2. The predicted molar refractivity (Wildman–Crippen MR) is 63.8 cm³/mol. The summed E-state index contributed by atoms with van der Waals surface area (Å²) >= 11 is 3.48. The second-order valence-electron chi connectivity index (χ2n) is 3.51. The van der Waals surface area contributed by atoms with Crippen LogP contribution < -0.4 is 0 Å². The van der Waals surface area contributed by atoms with Crippen LogP contribution in [0, 0.1) is 0 Å². The quantitative estimate of drug-likeness (QED) is 0.769. The Labute approximate surface area is 98.8 Å². The maximum atomic E-state index is 8.95. The van der Waals surface area contributed by atoms with E-state index in [1.54, 1.807) is 0 Å². The lowest BCUT2D eigenvalue weighted by Gasteiger charge is -2.25. The lowest BCUT2D eigenvalue weighted by atomic mass is 9.80. The third-order valence-electron chi connectivity index (χ3n) is 2.52. The first-order valence-electron chi connectivity index (χ1n) is 5.00. The Hall–Kier alpha value is -0.830. The van der Waals surface area contributed by atoms with Crippen LogP contribution in [0.3, 0.4) is 0 Å². The highest BCUT2D eigenvalue weighted by Gasteiger charge is 2.18. The number of halogens is 1. The van der Waals surface area contributed by atoms with E-state index in [4.69, 9.17) is 4.79 Å². The number of ether oxygens (including phenoxy) is 1. The van der Waals surface area contributed by atoms with E-state index in [2.05, 4.69) is 44.9 Å². The molecular weight excluding hydrogens is 256 g/mol. The van der Waals surface area contributed by atoms with Crippen LogP contribution in [0.25, 0.3) is 0 Å². The van der Waals surface area contributed by atoms with Crippen LogP contribution in [0.5, 0.6) is 0 Å². The molecule has 1 aromatic rings. The smallest absolute Gasteiger partial charge is 0.292 e. The summed E-state index contributed by atoms with van der Waals surface area (Å²) in [5, 5.41) is 0. The summed E-state index contributed by atoms with van der Waals surface area (Å²) in [6, 6.07) is 8.68. The summed E-state index contributed by atoms with van der Waals surface area (Å²) in [4.78, 5) is 8.95.